The summed E-state index contributed by atoms with van der Waals surface area (Å²) in [4.78, 5) is 49.9. The first-order chi connectivity index (χ1) is 21.9. The van der Waals surface area contributed by atoms with Crippen LogP contribution in [-0.4, -0.2) is 81.8 Å². The zero-order chi connectivity index (χ0) is 32.2. The van der Waals surface area contributed by atoms with Crippen LogP contribution in [-0.2, 0) is 16.1 Å². The zero-order valence-electron chi connectivity index (χ0n) is 25.5. The van der Waals surface area contributed by atoms with E-state index in [0.29, 0.717) is 47.6 Å². The molecule has 0 atom stereocenters. The van der Waals surface area contributed by atoms with Gasteiger partial charge in [-0.2, -0.15) is 0 Å². The number of amides is 2. The third-order valence-corrected chi connectivity index (χ3v) is 7.37. The number of carbonyl (C=O) groups excluding carboxylic acids is 3. The van der Waals surface area contributed by atoms with E-state index in [4.69, 9.17) is 16.6 Å². The second-order valence-electron chi connectivity index (χ2n) is 10.8. The fourth-order valence-corrected chi connectivity index (χ4v) is 4.45. The SMILES string of the molecule is CNc1cc(NCc2cn3cc(C4CC4)cc(N(CC=O)C(=O)N(C)CCO)c3n2)ncn1.Clc1ccccc1.O=CC1CC1. The minimum Gasteiger partial charge on any atom is -0.395 e. The first-order valence-electron chi connectivity index (χ1n) is 14.8. The first kappa shape index (κ1) is 33.3. The van der Waals surface area contributed by atoms with Gasteiger partial charge in [0.2, 0.25) is 0 Å². The molecule has 0 aliphatic heterocycles. The van der Waals surface area contributed by atoms with Crippen molar-refractivity contribution in [2.75, 3.05) is 49.3 Å². The molecule has 2 fully saturated rings. The molecule has 3 heterocycles. The minimum atomic E-state index is -0.366. The molecule has 4 aromatic rings. The van der Waals surface area contributed by atoms with Crippen LogP contribution in [0.15, 0.2) is 61.2 Å². The highest BCUT2D eigenvalue weighted by atomic mass is 35.5. The van der Waals surface area contributed by atoms with Crippen molar-refractivity contribution >= 4 is 53.2 Å². The predicted molar refractivity (Wildman–Crippen MR) is 175 cm³/mol. The normalized spacial score (nSPS) is 13.4. The molecule has 1 aromatic carbocycles. The summed E-state index contributed by atoms with van der Waals surface area (Å²) in [5.41, 5.74) is 3.03. The molecule has 2 amide bonds. The fraction of sp³-hybridized carbons (Fsp3) is 0.375. The van der Waals surface area contributed by atoms with Gasteiger partial charge in [0.15, 0.2) is 5.65 Å². The molecule has 12 nitrogen and oxygen atoms in total. The Hall–Kier alpha value is -4.55. The van der Waals surface area contributed by atoms with Crippen LogP contribution in [0.5, 0.6) is 0 Å². The van der Waals surface area contributed by atoms with Crippen molar-refractivity contribution in [3.05, 3.63) is 77.5 Å². The average Bonchev–Trinajstić information content (AvgIpc) is 4.00. The number of hydrogen-bond acceptors (Lipinski definition) is 9. The average molecular weight is 635 g/mol. The Morgan fingerprint density at radius 1 is 1.09 bits per heavy atom. The van der Waals surface area contributed by atoms with Crippen LogP contribution in [0.2, 0.25) is 5.02 Å². The van der Waals surface area contributed by atoms with E-state index in [2.05, 4.69) is 20.6 Å². The molecule has 2 aliphatic carbocycles. The molecule has 0 unspecified atom stereocenters. The van der Waals surface area contributed by atoms with Crippen LogP contribution in [0.3, 0.4) is 0 Å². The highest BCUT2D eigenvalue weighted by Gasteiger charge is 2.28. The number of aromatic nitrogens is 4. The van der Waals surface area contributed by atoms with E-state index in [-0.39, 0.29) is 25.7 Å². The number of imidazole rings is 1. The zero-order valence-corrected chi connectivity index (χ0v) is 26.2. The Labute approximate surface area is 267 Å². The Balaban J connectivity index is 0.000000318. The third-order valence-electron chi connectivity index (χ3n) is 7.11. The molecule has 6 rings (SSSR count). The lowest BCUT2D eigenvalue weighted by atomic mass is 10.1. The number of pyridine rings is 1. The van der Waals surface area contributed by atoms with Crippen molar-refractivity contribution in [3.8, 4) is 0 Å². The van der Waals surface area contributed by atoms with E-state index >= 15 is 0 Å². The van der Waals surface area contributed by atoms with Gasteiger partial charge in [-0.1, -0.05) is 29.8 Å². The second kappa shape index (κ2) is 16.5. The molecule has 0 radical (unpaired) electrons. The maximum atomic E-state index is 13.1. The Bertz CT molecular complexity index is 1560. The number of aliphatic hydroxyl groups is 1. The molecule has 0 bridgehead atoms. The van der Waals surface area contributed by atoms with Gasteiger partial charge in [-0.05, 0) is 55.4 Å². The summed E-state index contributed by atoms with van der Waals surface area (Å²) in [6.45, 7) is 0.328. The minimum absolute atomic E-state index is 0.105. The van der Waals surface area contributed by atoms with Gasteiger partial charge >= 0.3 is 6.03 Å². The summed E-state index contributed by atoms with van der Waals surface area (Å²) in [6, 6.07) is 12.8. The van der Waals surface area contributed by atoms with E-state index < -0.39 is 0 Å². The number of nitrogens with one attached hydrogen (secondary N) is 2. The topological polar surface area (TPSA) is 145 Å². The number of hydrogen-bond donors (Lipinski definition) is 3. The van der Waals surface area contributed by atoms with Gasteiger partial charge in [0.25, 0.3) is 0 Å². The molecule has 45 heavy (non-hydrogen) atoms. The standard InChI is InChI=1S/C22H28N8O3.C6H5Cl.C4H6O/c1-23-19-10-20(26-14-25-19)24-11-17-13-29-12-16(15-3-4-15)9-18(21(29)27-17)30(6-8-32)22(33)28(2)5-7-31;7-6-4-2-1-3-5-6;5-3-4-1-2-4/h8-10,12-15,31H,3-7,11H2,1-2H3,(H2,23,24,25,26);1-5H;3-4H,1-2H2. The van der Waals surface area contributed by atoms with Gasteiger partial charge in [0, 0.05) is 50.0 Å². The van der Waals surface area contributed by atoms with Crippen LogP contribution >= 0.6 is 11.6 Å². The summed E-state index contributed by atoms with van der Waals surface area (Å²) in [5, 5.41) is 16.2. The number of carbonyl (C=O) groups is 3. The summed E-state index contributed by atoms with van der Waals surface area (Å²) in [5.74, 6) is 2.26. The summed E-state index contributed by atoms with van der Waals surface area (Å²) >= 11 is 5.54. The number of aldehydes is 2. The number of nitrogens with zero attached hydrogens (tertiary/aromatic N) is 6. The van der Waals surface area contributed by atoms with E-state index in [9.17, 15) is 19.5 Å². The number of fused-ring (bicyclic) bond motifs is 1. The molecule has 13 heteroatoms. The molecular weight excluding hydrogens is 596 g/mol. The first-order valence-corrected chi connectivity index (χ1v) is 15.2. The highest BCUT2D eigenvalue weighted by Crippen LogP contribution is 2.42. The van der Waals surface area contributed by atoms with Crippen molar-refractivity contribution < 1.29 is 19.5 Å². The third kappa shape index (κ3) is 9.98. The smallest absolute Gasteiger partial charge is 0.324 e. The molecule has 238 valence electrons. The maximum absolute atomic E-state index is 13.1. The van der Waals surface area contributed by atoms with E-state index in [1.54, 1.807) is 20.2 Å². The Morgan fingerprint density at radius 3 is 2.38 bits per heavy atom. The molecular formula is C32H39ClN8O4. The number of urea groups is 1. The van der Waals surface area contributed by atoms with Crippen molar-refractivity contribution in [3.63, 3.8) is 0 Å². The monoisotopic (exact) mass is 634 g/mol. The number of halogens is 1. The lowest BCUT2D eigenvalue weighted by Crippen LogP contribution is -2.43. The molecule has 3 aromatic heterocycles. The summed E-state index contributed by atoms with van der Waals surface area (Å²) < 4.78 is 1.91. The van der Waals surface area contributed by atoms with Gasteiger partial charge < -0.3 is 34.6 Å². The van der Waals surface area contributed by atoms with Gasteiger partial charge in [-0.25, -0.2) is 19.7 Å². The predicted octanol–water partition coefficient (Wildman–Crippen LogP) is 4.64. The van der Waals surface area contributed by atoms with Gasteiger partial charge in [0.1, 0.15) is 30.5 Å². The second-order valence-corrected chi connectivity index (χ2v) is 11.2. The molecule has 3 N–H and O–H groups in total. The van der Waals surface area contributed by atoms with Gasteiger partial charge in [-0.3, -0.25) is 4.90 Å². The van der Waals surface area contributed by atoms with E-state index in [0.717, 1.165) is 48.2 Å². The number of benzene rings is 1. The van der Waals surface area contributed by atoms with E-state index in [1.165, 1.54) is 16.1 Å². The number of rotatable bonds is 11. The molecule has 0 saturated heterocycles. The van der Waals surface area contributed by atoms with Crippen LogP contribution in [0.25, 0.3) is 5.65 Å². The Morgan fingerprint density at radius 2 is 1.82 bits per heavy atom. The largest absolute Gasteiger partial charge is 0.395 e. The molecule has 0 spiro atoms. The summed E-state index contributed by atoms with van der Waals surface area (Å²) in [7, 11) is 3.39. The van der Waals surface area contributed by atoms with E-state index in [1.807, 2.05) is 53.2 Å². The van der Waals surface area contributed by atoms with Crippen molar-refractivity contribution in [2.45, 2.75) is 38.1 Å². The fourth-order valence-electron chi connectivity index (χ4n) is 4.30. The van der Waals surface area contributed by atoms with Crippen LogP contribution in [0.1, 0.15) is 42.9 Å². The van der Waals surface area contributed by atoms with Gasteiger partial charge in [-0.15, -0.1) is 0 Å². The Kier molecular flexibility index (Phi) is 12.2. The molecule has 2 saturated carbocycles. The highest BCUT2D eigenvalue weighted by molar-refractivity contribution is 6.30. The number of likely N-dealkylation sites (N-methyl/N-ethyl adjacent to an activating group) is 1. The number of anilines is 3. The van der Waals surface area contributed by atoms with Crippen molar-refractivity contribution in [1.29, 1.82) is 0 Å². The van der Waals surface area contributed by atoms with Crippen LogP contribution in [0.4, 0.5) is 22.1 Å². The number of aliphatic hydroxyl groups excluding tert-OH is 1. The lowest BCUT2D eigenvalue weighted by molar-refractivity contribution is -0.109. The maximum Gasteiger partial charge on any atom is 0.324 e. The van der Waals surface area contributed by atoms with Crippen molar-refractivity contribution in [2.24, 2.45) is 5.92 Å². The quantitative estimate of drug-likeness (QED) is 0.201. The van der Waals surface area contributed by atoms with Crippen LogP contribution in [0, 0.1) is 5.92 Å². The van der Waals surface area contributed by atoms with Gasteiger partial charge in [0.05, 0.1) is 31.1 Å². The van der Waals surface area contributed by atoms with Crippen LogP contribution < -0.4 is 15.5 Å². The molecule has 2 aliphatic rings. The lowest BCUT2D eigenvalue weighted by Gasteiger charge is -2.27. The van der Waals surface area contributed by atoms with Crippen molar-refractivity contribution in [1.82, 2.24) is 24.3 Å². The summed E-state index contributed by atoms with van der Waals surface area (Å²) in [6.07, 6.45) is 11.6.